The second-order valence-electron chi connectivity index (χ2n) is 10.3. The summed E-state index contributed by atoms with van der Waals surface area (Å²) in [6.45, 7) is 2.44. The van der Waals surface area contributed by atoms with Crippen molar-refractivity contribution in [1.29, 1.82) is 0 Å². The van der Waals surface area contributed by atoms with Crippen LogP contribution in [0.3, 0.4) is 0 Å². The van der Waals surface area contributed by atoms with Gasteiger partial charge in [0.1, 0.15) is 23.1 Å². The van der Waals surface area contributed by atoms with Crippen molar-refractivity contribution in [2.24, 2.45) is 0 Å². The standard InChI is InChI=1S/C31H26F3N3O4S/c1-31(11-13-40-27-16(6-9-23(38)39)4-3-5-20(27)31)22-15-36-30(37-22)19-14-17(7-8-21(19)32)41-28-25(34)24(33)26-18(10-12-35-26)29(28)42-2/h3-5,7-8,10,12,14-15,35H,6,9,11,13H2,1-2H3,(H,36,37)(H,38,39). The van der Waals surface area contributed by atoms with Crippen LogP contribution in [0, 0.1) is 17.5 Å². The first-order valence-electron chi connectivity index (χ1n) is 13.2. The van der Waals surface area contributed by atoms with Crippen LogP contribution in [0.1, 0.15) is 36.6 Å². The van der Waals surface area contributed by atoms with E-state index in [0.717, 1.165) is 16.8 Å². The van der Waals surface area contributed by atoms with E-state index in [-0.39, 0.29) is 34.8 Å². The van der Waals surface area contributed by atoms with Crippen LogP contribution in [-0.2, 0) is 16.6 Å². The second kappa shape index (κ2) is 10.8. The lowest BCUT2D eigenvalue weighted by atomic mass is 9.74. The predicted molar refractivity (Wildman–Crippen MR) is 153 cm³/mol. The largest absolute Gasteiger partial charge is 0.493 e. The minimum atomic E-state index is -1.14. The molecule has 3 heterocycles. The number of nitrogens with zero attached hydrogens (tertiary/aromatic N) is 1. The number of carboxylic acids is 1. The van der Waals surface area contributed by atoms with Crippen molar-refractivity contribution in [3.8, 4) is 28.6 Å². The number of halogens is 3. The number of carboxylic acid groups (broad SMARTS) is 1. The molecule has 1 aliphatic heterocycles. The van der Waals surface area contributed by atoms with Crippen LogP contribution in [0.2, 0.25) is 0 Å². The average molecular weight is 594 g/mol. The molecule has 5 aromatic rings. The zero-order valence-electron chi connectivity index (χ0n) is 22.7. The van der Waals surface area contributed by atoms with Gasteiger partial charge in [0.05, 0.1) is 22.6 Å². The van der Waals surface area contributed by atoms with E-state index in [9.17, 15) is 9.18 Å². The molecule has 0 spiro atoms. The van der Waals surface area contributed by atoms with Gasteiger partial charge in [-0.15, -0.1) is 11.8 Å². The summed E-state index contributed by atoms with van der Waals surface area (Å²) in [4.78, 5) is 22.0. The Bertz CT molecular complexity index is 1840. The van der Waals surface area contributed by atoms with Crippen molar-refractivity contribution in [2.75, 3.05) is 12.9 Å². The van der Waals surface area contributed by atoms with Gasteiger partial charge in [0, 0.05) is 40.9 Å². The van der Waals surface area contributed by atoms with Crippen molar-refractivity contribution in [1.82, 2.24) is 15.0 Å². The maximum Gasteiger partial charge on any atom is 0.303 e. The number of H-pyrrole nitrogens is 2. The number of para-hydroxylation sites is 1. The van der Waals surface area contributed by atoms with Gasteiger partial charge in [-0.25, -0.2) is 13.8 Å². The number of nitrogens with one attached hydrogen (secondary N) is 2. The highest BCUT2D eigenvalue weighted by Crippen LogP contribution is 2.46. The van der Waals surface area contributed by atoms with E-state index in [4.69, 9.17) is 14.6 Å². The van der Waals surface area contributed by atoms with Gasteiger partial charge >= 0.3 is 5.97 Å². The molecule has 0 aliphatic carbocycles. The molecule has 3 N–H and O–H groups in total. The highest BCUT2D eigenvalue weighted by atomic mass is 32.2. The van der Waals surface area contributed by atoms with Gasteiger partial charge in [0.15, 0.2) is 11.6 Å². The minimum Gasteiger partial charge on any atom is -0.493 e. The summed E-state index contributed by atoms with van der Waals surface area (Å²) in [7, 11) is 0. The number of aliphatic carboxylic acids is 1. The Hall–Kier alpha value is -4.38. The van der Waals surface area contributed by atoms with Gasteiger partial charge in [-0.05, 0) is 55.9 Å². The summed E-state index contributed by atoms with van der Waals surface area (Å²) in [5.41, 5.74) is 1.99. The van der Waals surface area contributed by atoms with E-state index in [2.05, 4.69) is 15.0 Å². The van der Waals surface area contributed by atoms with Crippen LogP contribution in [0.5, 0.6) is 17.2 Å². The molecular formula is C31H26F3N3O4S. The first kappa shape index (κ1) is 27.8. The number of hydrogen-bond acceptors (Lipinski definition) is 5. The smallest absolute Gasteiger partial charge is 0.303 e. The molecule has 42 heavy (non-hydrogen) atoms. The van der Waals surface area contributed by atoms with Crippen molar-refractivity contribution in [2.45, 2.75) is 36.5 Å². The number of hydrogen-bond donors (Lipinski definition) is 3. The molecule has 0 saturated carbocycles. The Labute approximate surface area is 243 Å². The summed E-state index contributed by atoms with van der Waals surface area (Å²) in [5, 5.41) is 9.63. The molecule has 0 saturated heterocycles. The number of carbonyl (C=O) groups is 1. The Morgan fingerprint density at radius 2 is 2.02 bits per heavy atom. The number of ether oxygens (including phenoxy) is 2. The Morgan fingerprint density at radius 3 is 2.81 bits per heavy atom. The molecule has 0 radical (unpaired) electrons. The highest BCUT2D eigenvalue weighted by molar-refractivity contribution is 7.99. The quantitative estimate of drug-likeness (QED) is 0.160. The topological polar surface area (TPSA) is 100 Å². The van der Waals surface area contributed by atoms with Crippen LogP contribution < -0.4 is 9.47 Å². The zero-order valence-corrected chi connectivity index (χ0v) is 23.5. The first-order chi connectivity index (χ1) is 20.2. The number of thioether (sulfide) groups is 1. The average Bonchev–Trinajstić information content (AvgIpc) is 3.67. The molecule has 7 nitrogen and oxygen atoms in total. The number of fused-ring (bicyclic) bond motifs is 2. The molecule has 11 heteroatoms. The third kappa shape index (κ3) is 4.67. The van der Waals surface area contributed by atoms with Crippen LogP contribution in [-0.4, -0.2) is 38.9 Å². The van der Waals surface area contributed by atoms with Crippen molar-refractivity contribution < 1.29 is 32.5 Å². The maximum absolute atomic E-state index is 15.1. The molecule has 6 rings (SSSR count). The van der Waals surface area contributed by atoms with E-state index in [1.165, 1.54) is 36.2 Å². The van der Waals surface area contributed by atoms with Crippen molar-refractivity contribution in [3.63, 3.8) is 0 Å². The lowest BCUT2D eigenvalue weighted by Crippen LogP contribution is -2.32. The monoisotopic (exact) mass is 593 g/mol. The van der Waals surface area contributed by atoms with E-state index < -0.39 is 28.8 Å². The number of aromatic nitrogens is 3. The summed E-state index contributed by atoms with van der Waals surface area (Å²) in [5.74, 6) is -2.94. The maximum atomic E-state index is 15.1. The number of rotatable bonds is 8. The highest BCUT2D eigenvalue weighted by Gasteiger charge is 2.38. The zero-order chi connectivity index (χ0) is 29.6. The van der Waals surface area contributed by atoms with Gasteiger partial charge in [-0.3, -0.25) is 4.79 Å². The van der Waals surface area contributed by atoms with Gasteiger partial charge in [0.25, 0.3) is 0 Å². The molecule has 1 atom stereocenters. The number of imidazole rings is 1. The molecule has 0 amide bonds. The van der Waals surface area contributed by atoms with Gasteiger partial charge in [0.2, 0.25) is 5.82 Å². The molecule has 2 aromatic heterocycles. The van der Waals surface area contributed by atoms with Gasteiger partial charge < -0.3 is 24.5 Å². The Kier molecular flexibility index (Phi) is 7.14. The summed E-state index contributed by atoms with van der Waals surface area (Å²) in [6.07, 6.45) is 5.82. The van der Waals surface area contributed by atoms with E-state index in [1.54, 1.807) is 18.5 Å². The number of aromatic amines is 2. The predicted octanol–water partition coefficient (Wildman–Crippen LogP) is 7.60. The summed E-state index contributed by atoms with van der Waals surface area (Å²) in [6, 6.07) is 11.2. The number of benzene rings is 3. The van der Waals surface area contributed by atoms with Gasteiger partial charge in [-0.1, -0.05) is 18.2 Å². The normalized spacial score (nSPS) is 16.3. The number of aryl methyl sites for hydroxylation is 1. The molecular weight excluding hydrogens is 567 g/mol. The molecule has 0 fully saturated rings. The van der Waals surface area contributed by atoms with Crippen molar-refractivity contribution in [3.05, 3.63) is 89.1 Å². The lowest BCUT2D eigenvalue weighted by Gasteiger charge is -2.36. The van der Waals surface area contributed by atoms with Crippen LogP contribution in [0.15, 0.2) is 59.8 Å². The third-order valence-electron chi connectivity index (χ3n) is 7.74. The Morgan fingerprint density at radius 1 is 1.19 bits per heavy atom. The molecule has 0 bridgehead atoms. The first-order valence-corrected chi connectivity index (χ1v) is 14.5. The van der Waals surface area contributed by atoms with E-state index >= 15 is 8.78 Å². The molecule has 1 aliphatic rings. The molecule has 216 valence electrons. The van der Waals surface area contributed by atoms with Crippen LogP contribution >= 0.6 is 11.8 Å². The summed E-state index contributed by atoms with van der Waals surface area (Å²) < 4.78 is 56.7. The summed E-state index contributed by atoms with van der Waals surface area (Å²) >= 11 is 1.21. The second-order valence-corrected chi connectivity index (χ2v) is 11.1. The molecule has 3 aromatic carbocycles. The van der Waals surface area contributed by atoms with Crippen LogP contribution in [0.4, 0.5) is 13.2 Å². The third-order valence-corrected chi connectivity index (χ3v) is 8.56. The molecule has 1 unspecified atom stereocenters. The fourth-order valence-corrected chi connectivity index (χ4v) is 6.18. The lowest BCUT2D eigenvalue weighted by molar-refractivity contribution is -0.136. The Balaban J connectivity index is 1.35. The minimum absolute atomic E-state index is 0.0174. The van der Waals surface area contributed by atoms with E-state index in [0.29, 0.717) is 35.5 Å². The SMILES string of the molecule is CSc1c(Oc2ccc(F)c(-c3ncc(C4(C)CCOc5c(CCC(=O)O)cccc54)[nH]3)c2)c(F)c(F)c2[nH]ccc12. The van der Waals surface area contributed by atoms with E-state index in [1.807, 2.05) is 25.1 Å². The van der Waals surface area contributed by atoms with Crippen LogP contribution in [0.25, 0.3) is 22.3 Å². The fraction of sp³-hybridized carbons (Fsp3) is 0.226. The van der Waals surface area contributed by atoms with Gasteiger partial charge in [-0.2, -0.15) is 4.39 Å². The van der Waals surface area contributed by atoms with Crippen molar-refractivity contribution >= 4 is 28.6 Å². The fourth-order valence-electron chi connectivity index (χ4n) is 5.47.